The standard InChI is InChI=1S/C6H5Cl7/c7-1-2(8)4(10)6(12,13)5(11)3(1)9/h1-5H/t1?,2-,3-,4-,5+/m0/s1. The highest BCUT2D eigenvalue weighted by atomic mass is 35.5. The first-order valence-corrected chi connectivity index (χ1v) is 6.32. The highest BCUT2D eigenvalue weighted by Gasteiger charge is 2.56. The summed E-state index contributed by atoms with van der Waals surface area (Å²) >= 11 is 41.2. The van der Waals surface area contributed by atoms with E-state index in [1.54, 1.807) is 0 Å². The van der Waals surface area contributed by atoms with Gasteiger partial charge in [-0.2, -0.15) is 0 Å². The summed E-state index contributed by atoms with van der Waals surface area (Å²) in [5, 5.41) is -3.19. The summed E-state index contributed by atoms with van der Waals surface area (Å²) in [7, 11) is 0. The van der Waals surface area contributed by atoms with Gasteiger partial charge in [0.15, 0.2) is 4.33 Å². The van der Waals surface area contributed by atoms with Gasteiger partial charge in [-0.1, -0.05) is 23.2 Å². The molecule has 0 spiro atoms. The van der Waals surface area contributed by atoms with E-state index in [9.17, 15) is 0 Å². The van der Waals surface area contributed by atoms with E-state index in [-0.39, 0.29) is 0 Å². The van der Waals surface area contributed by atoms with Gasteiger partial charge in [0.25, 0.3) is 0 Å². The van der Waals surface area contributed by atoms with Crippen molar-refractivity contribution in [2.45, 2.75) is 31.2 Å². The van der Waals surface area contributed by atoms with Crippen LogP contribution in [-0.2, 0) is 0 Å². The van der Waals surface area contributed by atoms with Crippen molar-refractivity contribution in [1.82, 2.24) is 0 Å². The number of hydrogen-bond acceptors (Lipinski definition) is 0. The van der Waals surface area contributed by atoms with Crippen LogP contribution >= 0.6 is 81.2 Å². The van der Waals surface area contributed by atoms with E-state index >= 15 is 0 Å². The lowest BCUT2D eigenvalue weighted by Gasteiger charge is -2.42. The maximum atomic E-state index is 5.90. The summed E-state index contributed by atoms with van der Waals surface area (Å²) in [6.45, 7) is 0. The maximum Gasteiger partial charge on any atom is 0.153 e. The minimum Gasteiger partial charge on any atom is -0.120 e. The second kappa shape index (κ2) is 4.49. The van der Waals surface area contributed by atoms with Gasteiger partial charge in [0.2, 0.25) is 0 Å². The minimum absolute atomic E-state index is 0.543. The van der Waals surface area contributed by atoms with Crippen molar-refractivity contribution in [3.63, 3.8) is 0 Å². The Labute approximate surface area is 112 Å². The zero-order chi connectivity index (χ0) is 10.4. The lowest BCUT2D eigenvalue weighted by atomic mass is 9.97. The third kappa shape index (κ3) is 2.25. The van der Waals surface area contributed by atoms with E-state index in [1.807, 2.05) is 0 Å². The molecule has 0 N–H and O–H groups in total. The van der Waals surface area contributed by atoms with E-state index in [1.165, 1.54) is 0 Å². The number of halogens is 7. The summed E-state index contributed by atoms with van der Waals surface area (Å²) in [6, 6.07) is 0. The quantitative estimate of drug-likeness (QED) is 0.585. The molecule has 1 unspecified atom stereocenters. The van der Waals surface area contributed by atoms with Crippen molar-refractivity contribution in [2.24, 2.45) is 0 Å². The fourth-order valence-corrected chi connectivity index (χ4v) is 3.75. The smallest absolute Gasteiger partial charge is 0.120 e. The third-order valence-corrected chi connectivity index (χ3v) is 6.63. The Hall–Kier alpha value is 2.03. The van der Waals surface area contributed by atoms with Crippen LogP contribution in [-0.4, -0.2) is 31.2 Å². The van der Waals surface area contributed by atoms with Gasteiger partial charge < -0.3 is 0 Å². The van der Waals surface area contributed by atoms with Gasteiger partial charge in [0.05, 0.1) is 26.9 Å². The zero-order valence-electron chi connectivity index (χ0n) is 6.03. The van der Waals surface area contributed by atoms with Crippen molar-refractivity contribution in [3.8, 4) is 0 Å². The van der Waals surface area contributed by atoms with Gasteiger partial charge in [0.1, 0.15) is 0 Å². The van der Waals surface area contributed by atoms with Crippen LogP contribution in [0.2, 0.25) is 0 Å². The molecule has 1 aliphatic rings. The molecule has 5 atom stereocenters. The number of alkyl halides is 7. The molecule has 0 heterocycles. The van der Waals surface area contributed by atoms with Crippen molar-refractivity contribution >= 4 is 81.2 Å². The average Bonchev–Trinajstić information content (AvgIpc) is 2.09. The molecule has 0 saturated heterocycles. The summed E-state index contributed by atoms with van der Waals surface area (Å²) in [5.74, 6) is 0. The second-order valence-electron chi connectivity index (χ2n) is 2.81. The fraction of sp³-hybridized carbons (Fsp3) is 1.00. The highest BCUT2D eigenvalue weighted by molar-refractivity contribution is 6.58. The lowest BCUT2D eigenvalue weighted by molar-refractivity contribution is 0.511. The zero-order valence-corrected chi connectivity index (χ0v) is 11.3. The maximum absolute atomic E-state index is 5.90. The van der Waals surface area contributed by atoms with Crippen LogP contribution < -0.4 is 0 Å². The first-order valence-electron chi connectivity index (χ1n) is 3.38. The van der Waals surface area contributed by atoms with Gasteiger partial charge in [-0.05, 0) is 0 Å². The van der Waals surface area contributed by atoms with Crippen LogP contribution in [0.4, 0.5) is 0 Å². The summed E-state index contributed by atoms with van der Waals surface area (Å²) < 4.78 is -1.35. The number of hydrogen-bond donors (Lipinski definition) is 0. The topological polar surface area (TPSA) is 0 Å². The molecular formula is C6H5Cl7. The summed E-state index contributed by atoms with van der Waals surface area (Å²) in [5.41, 5.74) is 0. The van der Waals surface area contributed by atoms with Crippen molar-refractivity contribution in [1.29, 1.82) is 0 Å². The highest BCUT2D eigenvalue weighted by Crippen LogP contribution is 2.49. The summed E-state index contributed by atoms with van der Waals surface area (Å²) in [6.07, 6.45) is 0. The monoisotopic (exact) mass is 322 g/mol. The molecule has 78 valence electrons. The molecular weight excluding hydrogens is 320 g/mol. The van der Waals surface area contributed by atoms with Crippen LogP contribution in [0.5, 0.6) is 0 Å². The molecule has 0 amide bonds. The Morgan fingerprint density at radius 2 is 0.923 bits per heavy atom. The van der Waals surface area contributed by atoms with Crippen LogP contribution in [0.3, 0.4) is 0 Å². The molecule has 1 rings (SSSR count). The predicted molar refractivity (Wildman–Crippen MR) is 62.6 cm³/mol. The Morgan fingerprint density at radius 3 is 1.23 bits per heavy atom. The number of rotatable bonds is 0. The Balaban J connectivity index is 2.93. The first kappa shape index (κ1) is 13.1. The molecule has 0 nitrogen and oxygen atoms in total. The summed E-state index contributed by atoms with van der Waals surface area (Å²) in [4.78, 5) is 0. The molecule has 7 heteroatoms. The van der Waals surface area contributed by atoms with Crippen LogP contribution in [0, 0.1) is 0 Å². The Kier molecular flexibility index (Phi) is 4.52. The fourth-order valence-electron chi connectivity index (χ4n) is 1.08. The molecule has 0 aliphatic heterocycles. The molecule has 1 saturated carbocycles. The van der Waals surface area contributed by atoms with Gasteiger partial charge >= 0.3 is 0 Å². The van der Waals surface area contributed by atoms with Gasteiger partial charge in [-0.3, -0.25) is 0 Å². The molecule has 13 heavy (non-hydrogen) atoms. The SMILES string of the molecule is ClC1[C@H](Cl)[C@@H](Cl)C(Cl)(Cl)[C@@H](Cl)[C@H]1Cl. The average molecular weight is 325 g/mol. The molecule has 1 fully saturated rings. The lowest BCUT2D eigenvalue weighted by Crippen LogP contribution is -2.57. The molecule has 1 aliphatic carbocycles. The molecule has 0 radical (unpaired) electrons. The molecule has 0 bridgehead atoms. The molecule has 0 aromatic heterocycles. The largest absolute Gasteiger partial charge is 0.153 e. The second-order valence-corrected chi connectivity index (χ2v) is 6.71. The van der Waals surface area contributed by atoms with Crippen molar-refractivity contribution in [2.75, 3.05) is 0 Å². The Morgan fingerprint density at radius 1 is 0.615 bits per heavy atom. The predicted octanol–water partition coefficient (Wildman–Crippen LogP) is 4.21. The van der Waals surface area contributed by atoms with E-state index in [4.69, 9.17) is 81.2 Å². The van der Waals surface area contributed by atoms with Crippen molar-refractivity contribution in [3.05, 3.63) is 0 Å². The van der Waals surface area contributed by atoms with E-state index in [0.717, 1.165) is 0 Å². The van der Waals surface area contributed by atoms with Gasteiger partial charge in [-0.25, -0.2) is 0 Å². The van der Waals surface area contributed by atoms with Gasteiger partial charge in [0, 0.05) is 0 Å². The van der Waals surface area contributed by atoms with Crippen LogP contribution in [0.25, 0.3) is 0 Å². The van der Waals surface area contributed by atoms with Crippen LogP contribution in [0.15, 0.2) is 0 Å². The van der Waals surface area contributed by atoms with E-state index in [2.05, 4.69) is 0 Å². The van der Waals surface area contributed by atoms with Gasteiger partial charge in [-0.15, -0.1) is 58.0 Å². The Bertz CT molecular complexity index is 175. The van der Waals surface area contributed by atoms with Crippen molar-refractivity contribution < 1.29 is 0 Å². The van der Waals surface area contributed by atoms with E-state index < -0.39 is 31.2 Å². The third-order valence-electron chi connectivity index (χ3n) is 1.90. The normalized spacial score (nSPS) is 50.5. The molecule has 0 aromatic carbocycles. The minimum atomic E-state index is -1.35. The molecule has 0 aromatic rings. The van der Waals surface area contributed by atoms with E-state index in [0.29, 0.717) is 0 Å². The van der Waals surface area contributed by atoms with Crippen LogP contribution in [0.1, 0.15) is 0 Å². The first-order chi connectivity index (χ1) is 5.80.